The van der Waals surface area contributed by atoms with Crippen LogP contribution in [0.2, 0.25) is 0 Å². The third kappa shape index (κ3) is 2.61. The number of aryl methyl sites for hydroxylation is 1. The van der Waals surface area contributed by atoms with Gasteiger partial charge in [-0.3, -0.25) is 0 Å². The number of rotatable bonds is 2. The summed E-state index contributed by atoms with van der Waals surface area (Å²) in [5.41, 5.74) is 6.66. The number of nitroso groups, excluding NO2 is 1. The van der Waals surface area contributed by atoms with E-state index in [2.05, 4.69) is 44.4 Å². The average Bonchev–Trinajstić information content (AvgIpc) is 2.45. The van der Waals surface area contributed by atoms with Crippen LogP contribution in [0.25, 0.3) is 11.1 Å². The first kappa shape index (κ1) is 16.1. The summed E-state index contributed by atoms with van der Waals surface area (Å²) in [7, 11) is 5.58. The van der Waals surface area contributed by atoms with Crippen LogP contribution in [-0.4, -0.2) is 5.11 Å². The van der Waals surface area contributed by atoms with Crippen LogP contribution in [0.4, 0.5) is 5.69 Å². The van der Waals surface area contributed by atoms with Crippen molar-refractivity contribution in [1.29, 1.82) is 0 Å². The average molecular weight is 319 g/mol. The van der Waals surface area contributed by atoms with Gasteiger partial charge in [0.2, 0.25) is 0 Å². The Hall–Kier alpha value is -1.30. The maximum absolute atomic E-state index is 10.9. The van der Waals surface area contributed by atoms with E-state index < -0.39 is 0 Å². The summed E-state index contributed by atoms with van der Waals surface area (Å²) in [6.07, 6.45) is 0. The van der Waals surface area contributed by atoms with E-state index in [9.17, 15) is 10.0 Å². The number of phenols is 1. The second kappa shape index (κ2) is 5.83. The monoisotopic (exact) mass is 319 g/mol. The van der Waals surface area contributed by atoms with Crippen LogP contribution < -0.4 is 10.6 Å². The molecule has 0 saturated heterocycles. The second-order valence-electron chi connectivity index (χ2n) is 5.32. The molecule has 0 aliphatic carbocycles. The molecule has 2 aromatic carbocycles. The normalized spacial score (nSPS) is 10.8. The molecule has 0 fully saturated rings. The van der Waals surface area contributed by atoms with Gasteiger partial charge in [-0.15, -0.1) is 23.4 Å². The minimum atomic E-state index is -0.0811. The number of hydrogen-bond donors (Lipinski definition) is 1. The van der Waals surface area contributed by atoms with Gasteiger partial charge in [0.1, 0.15) is 11.4 Å². The molecule has 0 spiro atoms. The Morgan fingerprint density at radius 3 is 1.95 bits per heavy atom. The summed E-state index contributed by atoms with van der Waals surface area (Å²) in [6.45, 7) is 8.21. The molecule has 0 bridgehead atoms. The number of benzene rings is 2. The van der Waals surface area contributed by atoms with Gasteiger partial charge in [-0.05, 0) is 89.0 Å². The largest absolute Gasteiger partial charge is 0.506 e. The Bertz CT molecular complexity index is 726. The van der Waals surface area contributed by atoms with Crippen molar-refractivity contribution in [2.75, 3.05) is 0 Å². The summed E-state index contributed by atoms with van der Waals surface area (Å²) < 4.78 is 0. The molecule has 5 heteroatoms. The first-order valence-corrected chi connectivity index (χ1v) is 7.77. The van der Waals surface area contributed by atoms with Crippen LogP contribution in [0.5, 0.6) is 5.75 Å². The van der Waals surface area contributed by atoms with Gasteiger partial charge in [0.15, 0.2) is 0 Å². The minimum Gasteiger partial charge on any atom is -0.506 e. The Morgan fingerprint density at radius 2 is 1.48 bits per heavy atom. The standard InChI is InChI=1S/C16H19NO2P2/c1-7-5-13(18)12(17-19)6-11(7)14-15(20)9(3)8(2)10(4)16(14)21/h5-6,18H,20-21H2,1-4H3. The fraction of sp³-hybridized carbons (Fsp3) is 0.250. The zero-order valence-corrected chi connectivity index (χ0v) is 14.9. The predicted molar refractivity (Wildman–Crippen MR) is 96.6 cm³/mol. The lowest BCUT2D eigenvalue weighted by Crippen LogP contribution is -2.17. The molecule has 21 heavy (non-hydrogen) atoms. The molecule has 0 amide bonds. The first-order valence-electron chi connectivity index (χ1n) is 6.61. The molecule has 0 heterocycles. The van der Waals surface area contributed by atoms with E-state index in [1.54, 1.807) is 12.1 Å². The lowest BCUT2D eigenvalue weighted by molar-refractivity contribution is 0.476. The molecule has 0 aromatic heterocycles. The number of nitrogens with zero attached hydrogens (tertiary/aromatic N) is 1. The van der Waals surface area contributed by atoms with Crippen molar-refractivity contribution in [3.05, 3.63) is 39.3 Å². The van der Waals surface area contributed by atoms with Crippen LogP contribution in [0, 0.1) is 32.6 Å². The zero-order valence-electron chi connectivity index (χ0n) is 12.6. The van der Waals surface area contributed by atoms with Gasteiger partial charge in [0, 0.05) is 0 Å². The maximum Gasteiger partial charge on any atom is 0.150 e. The highest BCUT2D eigenvalue weighted by molar-refractivity contribution is 7.30. The third-order valence-electron chi connectivity index (χ3n) is 4.16. The van der Waals surface area contributed by atoms with Gasteiger partial charge < -0.3 is 5.11 Å². The lowest BCUT2D eigenvalue weighted by atomic mass is 9.93. The van der Waals surface area contributed by atoms with Crippen molar-refractivity contribution >= 4 is 34.8 Å². The Kier molecular flexibility index (Phi) is 4.46. The van der Waals surface area contributed by atoms with Crippen molar-refractivity contribution in [2.45, 2.75) is 27.7 Å². The van der Waals surface area contributed by atoms with Crippen molar-refractivity contribution in [3.8, 4) is 16.9 Å². The highest BCUT2D eigenvalue weighted by Crippen LogP contribution is 2.35. The molecule has 0 aliphatic rings. The van der Waals surface area contributed by atoms with Crippen molar-refractivity contribution in [2.24, 2.45) is 5.18 Å². The molecule has 0 saturated carbocycles. The van der Waals surface area contributed by atoms with E-state index in [0.717, 1.165) is 27.3 Å². The molecular weight excluding hydrogens is 300 g/mol. The van der Waals surface area contributed by atoms with E-state index in [4.69, 9.17) is 0 Å². The molecule has 3 nitrogen and oxygen atoms in total. The van der Waals surface area contributed by atoms with Crippen molar-refractivity contribution in [1.82, 2.24) is 0 Å². The first-order chi connectivity index (χ1) is 9.79. The Morgan fingerprint density at radius 1 is 0.952 bits per heavy atom. The number of phenolic OH excluding ortho intramolecular Hbond substituents is 1. The highest BCUT2D eigenvalue weighted by atomic mass is 31.0. The molecule has 1 N–H and O–H groups in total. The van der Waals surface area contributed by atoms with Gasteiger partial charge >= 0.3 is 0 Å². The molecule has 2 rings (SSSR count). The molecule has 110 valence electrons. The van der Waals surface area contributed by atoms with E-state index in [1.165, 1.54) is 16.7 Å². The fourth-order valence-electron chi connectivity index (χ4n) is 2.52. The maximum atomic E-state index is 10.9. The fourth-order valence-corrected chi connectivity index (χ4v) is 3.74. The van der Waals surface area contributed by atoms with E-state index in [0.29, 0.717) is 0 Å². The number of hydrogen-bond acceptors (Lipinski definition) is 3. The SMILES string of the molecule is Cc1cc(O)c(N=O)cc1-c1c(P)c(C)c(C)c(C)c1P. The lowest BCUT2D eigenvalue weighted by Gasteiger charge is -2.20. The summed E-state index contributed by atoms with van der Waals surface area (Å²) in [4.78, 5) is 10.9. The van der Waals surface area contributed by atoms with Gasteiger partial charge in [-0.1, -0.05) is 0 Å². The van der Waals surface area contributed by atoms with Crippen LogP contribution in [0.1, 0.15) is 22.3 Å². The summed E-state index contributed by atoms with van der Waals surface area (Å²) >= 11 is 0. The molecule has 2 aromatic rings. The second-order valence-corrected chi connectivity index (χ2v) is 6.48. The van der Waals surface area contributed by atoms with Gasteiger partial charge in [0.05, 0.1) is 0 Å². The van der Waals surface area contributed by atoms with Crippen LogP contribution in [-0.2, 0) is 0 Å². The van der Waals surface area contributed by atoms with E-state index in [-0.39, 0.29) is 11.4 Å². The smallest absolute Gasteiger partial charge is 0.150 e. The van der Waals surface area contributed by atoms with Crippen LogP contribution in [0.15, 0.2) is 17.3 Å². The molecule has 0 aliphatic heterocycles. The van der Waals surface area contributed by atoms with E-state index >= 15 is 0 Å². The van der Waals surface area contributed by atoms with Crippen molar-refractivity contribution in [3.63, 3.8) is 0 Å². The van der Waals surface area contributed by atoms with E-state index in [1.807, 2.05) is 6.92 Å². The van der Waals surface area contributed by atoms with Crippen LogP contribution in [0.3, 0.4) is 0 Å². The van der Waals surface area contributed by atoms with Crippen LogP contribution >= 0.6 is 18.5 Å². The van der Waals surface area contributed by atoms with Gasteiger partial charge in [0.25, 0.3) is 0 Å². The minimum absolute atomic E-state index is 0.0697. The molecule has 2 unspecified atom stereocenters. The predicted octanol–water partition coefficient (Wildman–Crippen LogP) is 3.69. The topological polar surface area (TPSA) is 49.7 Å². The van der Waals surface area contributed by atoms with Gasteiger partial charge in [-0.25, -0.2) is 0 Å². The zero-order chi connectivity index (χ0) is 15.9. The molecular formula is C16H19NO2P2. The Labute approximate surface area is 129 Å². The molecule has 2 atom stereocenters. The third-order valence-corrected chi connectivity index (χ3v) is 5.60. The summed E-state index contributed by atoms with van der Waals surface area (Å²) in [5.74, 6) is -0.0811. The molecule has 0 radical (unpaired) electrons. The summed E-state index contributed by atoms with van der Waals surface area (Å²) in [5, 5.41) is 14.9. The van der Waals surface area contributed by atoms with Crippen molar-refractivity contribution < 1.29 is 5.11 Å². The van der Waals surface area contributed by atoms with Gasteiger partial charge in [-0.2, -0.15) is 0 Å². The Balaban J connectivity index is 2.88. The highest BCUT2D eigenvalue weighted by Gasteiger charge is 2.17. The summed E-state index contributed by atoms with van der Waals surface area (Å²) in [6, 6.07) is 3.24. The number of aromatic hydroxyl groups is 1. The quantitative estimate of drug-likeness (QED) is 0.678.